The zero-order chi connectivity index (χ0) is 12.3. The van der Waals surface area contributed by atoms with Crippen LogP contribution in [0.5, 0.6) is 0 Å². The second-order valence-corrected chi connectivity index (χ2v) is 4.60. The molecule has 17 heavy (non-hydrogen) atoms. The van der Waals surface area contributed by atoms with Crippen molar-refractivity contribution in [2.45, 2.75) is 31.7 Å². The van der Waals surface area contributed by atoms with Crippen molar-refractivity contribution in [2.75, 3.05) is 26.9 Å². The van der Waals surface area contributed by atoms with Gasteiger partial charge in [0.15, 0.2) is 0 Å². The number of likely N-dealkylation sites (tertiary alicyclic amines) is 1. The van der Waals surface area contributed by atoms with E-state index in [9.17, 15) is 9.59 Å². The number of esters is 1. The summed E-state index contributed by atoms with van der Waals surface area (Å²) in [5, 5.41) is 0. The third-order valence-electron chi connectivity index (χ3n) is 3.58. The Balaban J connectivity index is 1.99. The highest BCUT2D eigenvalue weighted by molar-refractivity contribution is 5.86. The molecule has 2 saturated heterocycles. The van der Waals surface area contributed by atoms with Crippen molar-refractivity contribution in [3.05, 3.63) is 0 Å². The van der Waals surface area contributed by atoms with E-state index in [2.05, 4.69) is 0 Å². The summed E-state index contributed by atoms with van der Waals surface area (Å²) in [6.07, 6.45) is 3.14. The summed E-state index contributed by atoms with van der Waals surface area (Å²) in [6.45, 7) is 1.97. The minimum Gasteiger partial charge on any atom is -0.467 e. The van der Waals surface area contributed by atoms with Crippen LogP contribution in [0, 0.1) is 5.92 Å². The molecular formula is C12H19NO4. The van der Waals surface area contributed by atoms with Crippen LogP contribution in [-0.4, -0.2) is 49.7 Å². The molecule has 1 amide bonds. The molecule has 2 rings (SSSR count). The second kappa shape index (κ2) is 5.49. The molecule has 0 N–H and O–H groups in total. The van der Waals surface area contributed by atoms with Crippen LogP contribution < -0.4 is 0 Å². The SMILES string of the molecule is COC(=O)C1CCCN1C(=O)C1CCOCC1. The molecule has 0 aliphatic carbocycles. The van der Waals surface area contributed by atoms with Gasteiger partial charge in [0.2, 0.25) is 5.91 Å². The number of nitrogens with zero attached hydrogens (tertiary/aromatic N) is 1. The minimum absolute atomic E-state index is 0.0222. The molecule has 0 aromatic rings. The van der Waals surface area contributed by atoms with Crippen molar-refractivity contribution >= 4 is 11.9 Å². The number of amides is 1. The highest BCUT2D eigenvalue weighted by Gasteiger charge is 2.37. The number of methoxy groups -OCH3 is 1. The Labute approximate surface area is 101 Å². The molecule has 2 heterocycles. The number of rotatable bonds is 2. The molecule has 1 atom stereocenters. The van der Waals surface area contributed by atoms with Gasteiger partial charge in [-0.05, 0) is 25.7 Å². The molecule has 5 nitrogen and oxygen atoms in total. The Hall–Kier alpha value is -1.10. The second-order valence-electron chi connectivity index (χ2n) is 4.60. The van der Waals surface area contributed by atoms with Gasteiger partial charge in [0, 0.05) is 25.7 Å². The van der Waals surface area contributed by atoms with Gasteiger partial charge in [0.25, 0.3) is 0 Å². The van der Waals surface area contributed by atoms with Gasteiger partial charge < -0.3 is 14.4 Å². The Morgan fingerprint density at radius 1 is 1.24 bits per heavy atom. The van der Waals surface area contributed by atoms with Crippen LogP contribution in [0.25, 0.3) is 0 Å². The number of carbonyl (C=O) groups excluding carboxylic acids is 2. The van der Waals surface area contributed by atoms with Crippen molar-refractivity contribution in [2.24, 2.45) is 5.92 Å². The average molecular weight is 241 g/mol. The fourth-order valence-corrected chi connectivity index (χ4v) is 2.59. The lowest BCUT2D eigenvalue weighted by Gasteiger charge is -2.29. The monoisotopic (exact) mass is 241 g/mol. The molecule has 2 fully saturated rings. The Kier molecular flexibility index (Phi) is 3.99. The average Bonchev–Trinajstić information content (AvgIpc) is 2.87. The minimum atomic E-state index is -0.365. The molecule has 0 radical (unpaired) electrons. The molecule has 5 heteroatoms. The quantitative estimate of drug-likeness (QED) is 0.663. The normalized spacial score (nSPS) is 25.9. The molecular weight excluding hydrogens is 222 g/mol. The predicted octanol–water partition coefficient (Wildman–Crippen LogP) is 0.577. The van der Waals surface area contributed by atoms with Crippen LogP contribution in [0.3, 0.4) is 0 Å². The summed E-state index contributed by atoms with van der Waals surface area (Å²) in [5.41, 5.74) is 0. The van der Waals surface area contributed by atoms with E-state index in [1.54, 1.807) is 4.90 Å². The lowest BCUT2D eigenvalue weighted by Crippen LogP contribution is -2.45. The number of ether oxygens (including phenoxy) is 2. The summed E-state index contributed by atoms with van der Waals surface area (Å²) in [6, 6.07) is -0.365. The first-order valence-corrected chi connectivity index (χ1v) is 6.20. The van der Waals surface area contributed by atoms with E-state index in [0.29, 0.717) is 19.8 Å². The van der Waals surface area contributed by atoms with Gasteiger partial charge in [-0.25, -0.2) is 4.79 Å². The Bertz CT molecular complexity index is 299. The van der Waals surface area contributed by atoms with E-state index in [1.165, 1.54) is 7.11 Å². The maximum Gasteiger partial charge on any atom is 0.328 e. The smallest absolute Gasteiger partial charge is 0.328 e. The Morgan fingerprint density at radius 2 is 1.94 bits per heavy atom. The zero-order valence-corrected chi connectivity index (χ0v) is 10.2. The van der Waals surface area contributed by atoms with E-state index in [4.69, 9.17) is 9.47 Å². The predicted molar refractivity (Wildman–Crippen MR) is 60.3 cm³/mol. The van der Waals surface area contributed by atoms with E-state index >= 15 is 0 Å². The van der Waals surface area contributed by atoms with Gasteiger partial charge in [0.1, 0.15) is 6.04 Å². The van der Waals surface area contributed by atoms with Crippen molar-refractivity contribution in [3.8, 4) is 0 Å². The number of hydrogen-bond donors (Lipinski definition) is 0. The standard InChI is InChI=1S/C12H19NO4/c1-16-12(15)10-3-2-6-13(10)11(14)9-4-7-17-8-5-9/h9-10H,2-8H2,1H3. The molecule has 0 aromatic carbocycles. The van der Waals surface area contributed by atoms with Crippen molar-refractivity contribution in [1.29, 1.82) is 0 Å². The molecule has 0 spiro atoms. The van der Waals surface area contributed by atoms with E-state index < -0.39 is 0 Å². The van der Waals surface area contributed by atoms with Crippen molar-refractivity contribution < 1.29 is 19.1 Å². The Morgan fingerprint density at radius 3 is 2.59 bits per heavy atom. The molecule has 96 valence electrons. The lowest BCUT2D eigenvalue weighted by atomic mass is 9.98. The van der Waals surface area contributed by atoms with E-state index in [0.717, 1.165) is 25.7 Å². The highest BCUT2D eigenvalue weighted by Crippen LogP contribution is 2.24. The van der Waals surface area contributed by atoms with Crippen LogP contribution >= 0.6 is 0 Å². The fraction of sp³-hybridized carbons (Fsp3) is 0.833. The fourth-order valence-electron chi connectivity index (χ4n) is 2.59. The zero-order valence-electron chi connectivity index (χ0n) is 10.2. The molecule has 2 aliphatic rings. The topological polar surface area (TPSA) is 55.8 Å². The first-order valence-electron chi connectivity index (χ1n) is 6.20. The van der Waals surface area contributed by atoms with Crippen LogP contribution in [0.2, 0.25) is 0 Å². The first kappa shape index (κ1) is 12.4. The molecule has 0 aromatic heterocycles. The highest BCUT2D eigenvalue weighted by atomic mass is 16.5. The van der Waals surface area contributed by atoms with Crippen LogP contribution in [0.1, 0.15) is 25.7 Å². The van der Waals surface area contributed by atoms with Crippen LogP contribution in [0.15, 0.2) is 0 Å². The van der Waals surface area contributed by atoms with Crippen LogP contribution in [-0.2, 0) is 19.1 Å². The summed E-state index contributed by atoms with van der Waals surface area (Å²) in [4.78, 5) is 25.6. The molecule has 0 bridgehead atoms. The molecule has 2 aliphatic heterocycles. The summed E-state index contributed by atoms with van der Waals surface area (Å²) in [7, 11) is 1.37. The van der Waals surface area contributed by atoms with Gasteiger partial charge in [0.05, 0.1) is 7.11 Å². The maximum atomic E-state index is 12.3. The number of hydrogen-bond acceptors (Lipinski definition) is 4. The summed E-state index contributed by atoms with van der Waals surface area (Å²) in [5.74, 6) is -0.168. The maximum absolute atomic E-state index is 12.3. The third kappa shape index (κ3) is 2.60. The van der Waals surface area contributed by atoms with Gasteiger partial charge in [-0.1, -0.05) is 0 Å². The van der Waals surface area contributed by atoms with Crippen LogP contribution in [0.4, 0.5) is 0 Å². The van der Waals surface area contributed by atoms with Gasteiger partial charge in [-0.3, -0.25) is 4.79 Å². The largest absolute Gasteiger partial charge is 0.467 e. The summed E-state index contributed by atoms with van der Waals surface area (Å²) >= 11 is 0. The summed E-state index contributed by atoms with van der Waals surface area (Å²) < 4.78 is 9.99. The molecule has 1 unspecified atom stereocenters. The van der Waals surface area contributed by atoms with Gasteiger partial charge in [-0.15, -0.1) is 0 Å². The van der Waals surface area contributed by atoms with Crippen molar-refractivity contribution in [3.63, 3.8) is 0 Å². The third-order valence-corrected chi connectivity index (χ3v) is 3.58. The molecule has 0 saturated carbocycles. The van der Waals surface area contributed by atoms with Gasteiger partial charge >= 0.3 is 5.97 Å². The number of carbonyl (C=O) groups is 2. The van der Waals surface area contributed by atoms with E-state index in [1.807, 2.05) is 0 Å². The van der Waals surface area contributed by atoms with Crippen molar-refractivity contribution in [1.82, 2.24) is 4.90 Å². The first-order chi connectivity index (χ1) is 8.24. The lowest BCUT2D eigenvalue weighted by molar-refractivity contribution is -0.153. The van der Waals surface area contributed by atoms with Gasteiger partial charge in [-0.2, -0.15) is 0 Å². The van der Waals surface area contributed by atoms with E-state index in [-0.39, 0.29) is 23.8 Å².